The third kappa shape index (κ3) is 7.05. The highest BCUT2D eigenvalue weighted by molar-refractivity contribution is 6.09. The minimum absolute atomic E-state index is 0.00270. The van der Waals surface area contributed by atoms with E-state index in [1.807, 2.05) is 35.1 Å². The van der Waals surface area contributed by atoms with Gasteiger partial charge in [-0.3, -0.25) is 4.57 Å². The number of benzene rings is 5. The Bertz CT molecular complexity index is 2650. The van der Waals surface area contributed by atoms with Gasteiger partial charge in [0.15, 0.2) is 0 Å². The molecule has 0 atom stereocenters. The molecule has 0 radical (unpaired) electrons. The molecule has 0 aliphatic heterocycles. The number of aromatic nitrogens is 5. The zero-order valence-electron chi connectivity index (χ0n) is 33.4. The summed E-state index contributed by atoms with van der Waals surface area (Å²) in [6, 6.07) is 44.6. The molecule has 276 valence electrons. The number of rotatable bonds is 6. The predicted molar refractivity (Wildman–Crippen MR) is 225 cm³/mol. The fourth-order valence-electron chi connectivity index (χ4n) is 7.15. The molecule has 0 bridgehead atoms. The largest absolute Gasteiger partial charge is 0.457 e. The molecule has 0 aliphatic carbocycles. The summed E-state index contributed by atoms with van der Waals surface area (Å²) in [4.78, 5) is 4.85. The van der Waals surface area contributed by atoms with Gasteiger partial charge < -0.3 is 4.74 Å². The Morgan fingerprint density at radius 2 is 1.20 bits per heavy atom. The summed E-state index contributed by atoms with van der Waals surface area (Å²) in [7, 11) is 0. The molecular weight excluding hydrogens is 675 g/mol. The smallest absolute Gasteiger partial charge is 0.314 e. The van der Waals surface area contributed by atoms with E-state index in [4.69, 9.17) is 14.8 Å². The van der Waals surface area contributed by atoms with Gasteiger partial charge in [-0.25, -0.2) is 4.98 Å². The van der Waals surface area contributed by atoms with Gasteiger partial charge in [-0.2, -0.15) is 4.57 Å². The second kappa shape index (κ2) is 13.4. The molecule has 6 nitrogen and oxygen atoms in total. The van der Waals surface area contributed by atoms with Crippen molar-refractivity contribution in [3.63, 3.8) is 0 Å². The Hall–Kier alpha value is -6.01. The van der Waals surface area contributed by atoms with Gasteiger partial charge in [0.2, 0.25) is 6.33 Å². The highest BCUT2D eigenvalue weighted by Gasteiger charge is 2.27. The standard InChI is InChI=1S/C49H50N5O/c1-47(2,3)34-24-25-50-45(29-34)54-43-21-14-13-20-41(43)42-23-22-40(31-44(42)54)55-39-19-15-18-37(30-39)53-32-52(46(51-53)33-16-11-10-12-17-33)38-27-35(48(4,5)6)26-36(28-38)49(7,8)9/h10-32H,1-9H3/q+1. The van der Waals surface area contributed by atoms with Crippen molar-refractivity contribution in [1.29, 1.82) is 0 Å². The number of hydrogen-bond acceptors (Lipinski definition) is 3. The molecule has 3 heterocycles. The maximum absolute atomic E-state index is 6.64. The van der Waals surface area contributed by atoms with E-state index in [0.29, 0.717) is 0 Å². The highest BCUT2D eigenvalue weighted by Crippen LogP contribution is 2.36. The molecule has 0 fully saturated rings. The molecule has 0 amide bonds. The quantitative estimate of drug-likeness (QED) is 0.160. The van der Waals surface area contributed by atoms with Gasteiger partial charge in [0.1, 0.15) is 28.7 Å². The first-order valence-corrected chi connectivity index (χ1v) is 19.2. The molecule has 6 heteroatoms. The van der Waals surface area contributed by atoms with Crippen LogP contribution < -0.4 is 9.30 Å². The minimum atomic E-state index is -0.0184. The molecule has 3 aromatic heterocycles. The van der Waals surface area contributed by atoms with E-state index in [2.05, 4.69) is 181 Å². The van der Waals surface area contributed by atoms with E-state index in [0.717, 1.165) is 56.5 Å². The molecule has 0 unspecified atom stereocenters. The van der Waals surface area contributed by atoms with E-state index < -0.39 is 0 Å². The lowest BCUT2D eigenvalue weighted by Crippen LogP contribution is -2.32. The SMILES string of the molecule is CC(C)(C)c1cc(-[n+]2cn(-c3cccc(Oc4ccc5c6ccccc6n(-c6cc(C(C)(C)C)ccn6)c5c4)c3)nc2-c2ccccc2)cc(C(C)(C)C)c1. The molecule has 55 heavy (non-hydrogen) atoms. The van der Waals surface area contributed by atoms with Gasteiger partial charge in [0, 0.05) is 29.1 Å². The lowest BCUT2D eigenvalue weighted by Gasteiger charge is -2.25. The molecule has 5 aromatic carbocycles. The van der Waals surface area contributed by atoms with Gasteiger partial charge in [0.25, 0.3) is 0 Å². The maximum Gasteiger partial charge on any atom is 0.314 e. The van der Waals surface area contributed by atoms with Crippen molar-refractivity contribution in [3.05, 3.63) is 157 Å². The summed E-state index contributed by atoms with van der Waals surface area (Å²) in [6.45, 7) is 20.3. The van der Waals surface area contributed by atoms with Crippen LogP contribution in [0.25, 0.3) is 50.4 Å². The number of ether oxygens (including phenoxy) is 1. The van der Waals surface area contributed by atoms with E-state index in [9.17, 15) is 0 Å². The van der Waals surface area contributed by atoms with Gasteiger partial charge in [0.05, 0.1) is 21.7 Å². The average Bonchev–Trinajstić information content (AvgIpc) is 3.74. The third-order valence-electron chi connectivity index (χ3n) is 10.4. The van der Waals surface area contributed by atoms with Crippen LogP contribution in [-0.4, -0.2) is 19.3 Å². The summed E-state index contributed by atoms with van der Waals surface area (Å²) in [5.74, 6) is 3.22. The van der Waals surface area contributed by atoms with Gasteiger partial charge >= 0.3 is 5.82 Å². The predicted octanol–water partition coefficient (Wildman–Crippen LogP) is 12.0. The number of nitrogens with zero attached hydrogens (tertiary/aromatic N) is 5. The van der Waals surface area contributed by atoms with Gasteiger partial charge in [-0.1, -0.05) is 116 Å². The van der Waals surface area contributed by atoms with Crippen molar-refractivity contribution in [2.24, 2.45) is 0 Å². The van der Waals surface area contributed by atoms with Crippen LogP contribution in [0.15, 0.2) is 140 Å². The van der Waals surface area contributed by atoms with Crippen LogP contribution in [0.2, 0.25) is 0 Å². The van der Waals surface area contributed by atoms with Crippen LogP contribution in [-0.2, 0) is 16.2 Å². The highest BCUT2D eigenvalue weighted by atomic mass is 16.5. The zero-order valence-corrected chi connectivity index (χ0v) is 33.4. The van der Waals surface area contributed by atoms with Crippen LogP contribution in [0.5, 0.6) is 11.5 Å². The molecule has 0 N–H and O–H groups in total. The molecule has 0 spiro atoms. The number of pyridine rings is 1. The molecule has 0 saturated heterocycles. The van der Waals surface area contributed by atoms with Crippen molar-refractivity contribution in [1.82, 2.24) is 19.3 Å². The first-order chi connectivity index (χ1) is 26.1. The lowest BCUT2D eigenvalue weighted by atomic mass is 9.80. The van der Waals surface area contributed by atoms with Gasteiger partial charge in [-0.05, 0) is 99.7 Å². The summed E-state index contributed by atoms with van der Waals surface area (Å²) in [5.41, 5.74) is 8.95. The lowest BCUT2D eigenvalue weighted by molar-refractivity contribution is -0.584. The summed E-state index contributed by atoms with van der Waals surface area (Å²) >= 11 is 0. The molecule has 8 aromatic rings. The molecule has 0 saturated carbocycles. The summed E-state index contributed by atoms with van der Waals surface area (Å²) in [6.07, 6.45) is 3.99. The first kappa shape index (κ1) is 36.0. The van der Waals surface area contributed by atoms with Crippen LogP contribution in [0.1, 0.15) is 79.0 Å². The molecule has 8 rings (SSSR count). The fraction of sp³-hybridized carbons (Fsp3) is 0.245. The van der Waals surface area contributed by atoms with Crippen LogP contribution in [0, 0.1) is 0 Å². The van der Waals surface area contributed by atoms with E-state index in [1.54, 1.807) is 0 Å². The third-order valence-corrected chi connectivity index (χ3v) is 10.4. The Labute approximate surface area is 324 Å². The van der Waals surface area contributed by atoms with Crippen LogP contribution in [0.3, 0.4) is 0 Å². The van der Waals surface area contributed by atoms with Crippen molar-refractivity contribution in [3.8, 4) is 40.1 Å². The van der Waals surface area contributed by atoms with E-state index in [1.165, 1.54) is 22.1 Å². The topological polar surface area (TPSA) is 48.8 Å². The van der Waals surface area contributed by atoms with Crippen molar-refractivity contribution in [2.75, 3.05) is 0 Å². The second-order valence-electron chi connectivity index (χ2n) is 17.7. The van der Waals surface area contributed by atoms with Crippen molar-refractivity contribution >= 4 is 21.8 Å². The van der Waals surface area contributed by atoms with E-state index in [-0.39, 0.29) is 16.2 Å². The number of hydrogen-bond donors (Lipinski definition) is 0. The maximum atomic E-state index is 6.64. The van der Waals surface area contributed by atoms with Crippen LogP contribution >= 0.6 is 0 Å². The summed E-state index contributed by atoms with van der Waals surface area (Å²) < 4.78 is 13.1. The molecule has 0 aliphatic rings. The van der Waals surface area contributed by atoms with Crippen molar-refractivity contribution in [2.45, 2.75) is 78.6 Å². The second-order valence-corrected chi connectivity index (χ2v) is 17.7. The van der Waals surface area contributed by atoms with Gasteiger partial charge in [-0.15, -0.1) is 0 Å². The minimum Gasteiger partial charge on any atom is -0.457 e. The number of fused-ring (bicyclic) bond motifs is 3. The molecular formula is C49H50N5O+. The average molecular weight is 725 g/mol. The summed E-state index contributed by atoms with van der Waals surface area (Å²) in [5, 5.41) is 7.54. The Morgan fingerprint density at radius 3 is 1.91 bits per heavy atom. The normalized spacial score (nSPS) is 12.5. The number of para-hydroxylation sites is 1. The Kier molecular flexibility index (Phi) is 8.76. The van der Waals surface area contributed by atoms with E-state index >= 15 is 0 Å². The Morgan fingerprint density at radius 1 is 0.545 bits per heavy atom. The fourth-order valence-corrected chi connectivity index (χ4v) is 7.15. The Balaban J connectivity index is 1.21. The monoisotopic (exact) mass is 724 g/mol. The van der Waals surface area contributed by atoms with Crippen molar-refractivity contribution < 1.29 is 9.30 Å². The first-order valence-electron chi connectivity index (χ1n) is 19.2. The van der Waals surface area contributed by atoms with Crippen LogP contribution in [0.4, 0.5) is 0 Å². The zero-order chi connectivity index (χ0) is 38.7.